The Morgan fingerprint density at radius 3 is 2.61 bits per heavy atom. The minimum absolute atomic E-state index is 0.124. The van der Waals surface area contributed by atoms with Gasteiger partial charge in [0, 0.05) is 23.3 Å². The van der Waals surface area contributed by atoms with Gasteiger partial charge in [-0.15, -0.1) is 11.8 Å². The van der Waals surface area contributed by atoms with E-state index in [1.54, 1.807) is 37.9 Å². The van der Waals surface area contributed by atoms with Crippen LogP contribution in [0.4, 0.5) is 0 Å². The summed E-state index contributed by atoms with van der Waals surface area (Å²) in [6.45, 7) is 2.34. The van der Waals surface area contributed by atoms with E-state index in [1.807, 2.05) is 30.3 Å². The SMILES string of the molecule is COc1cccc(O[C@H](C)C(=O)NCCSc2ccccc2)c1. The van der Waals surface area contributed by atoms with E-state index in [0.29, 0.717) is 18.0 Å². The molecular formula is C18H21NO3S. The maximum atomic E-state index is 12.0. The van der Waals surface area contributed by atoms with Gasteiger partial charge in [-0.2, -0.15) is 0 Å². The molecule has 0 aliphatic heterocycles. The van der Waals surface area contributed by atoms with Crippen molar-refractivity contribution in [2.24, 2.45) is 0 Å². The number of methoxy groups -OCH3 is 1. The van der Waals surface area contributed by atoms with Crippen molar-refractivity contribution in [3.8, 4) is 11.5 Å². The number of ether oxygens (including phenoxy) is 2. The van der Waals surface area contributed by atoms with Crippen molar-refractivity contribution in [3.05, 3.63) is 54.6 Å². The van der Waals surface area contributed by atoms with Gasteiger partial charge in [0.2, 0.25) is 0 Å². The average molecular weight is 331 g/mol. The summed E-state index contributed by atoms with van der Waals surface area (Å²) in [4.78, 5) is 13.2. The van der Waals surface area contributed by atoms with E-state index < -0.39 is 6.10 Å². The molecule has 0 aliphatic carbocycles. The Balaban J connectivity index is 1.72. The van der Waals surface area contributed by atoms with Crippen molar-refractivity contribution in [3.63, 3.8) is 0 Å². The Bertz CT molecular complexity index is 619. The molecule has 0 spiro atoms. The fourth-order valence-corrected chi connectivity index (χ4v) is 2.73. The molecule has 5 heteroatoms. The van der Waals surface area contributed by atoms with E-state index in [-0.39, 0.29) is 5.91 Å². The molecule has 4 nitrogen and oxygen atoms in total. The largest absolute Gasteiger partial charge is 0.497 e. The topological polar surface area (TPSA) is 47.6 Å². The summed E-state index contributed by atoms with van der Waals surface area (Å²) in [5.74, 6) is 2.02. The summed E-state index contributed by atoms with van der Waals surface area (Å²) in [7, 11) is 1.60. The molecular weight excluding hydrogens is 310 g/mol. The number of amides is 1. The molecule has 0 saturated heterocycles. The van der Waals surface area contributed by atoms with Gasteiger partial charge in [0.15, 0.2) is 6.10 Å². The number of rotatable bonds is 8. The minimum atomic E-state index is -0.552. The normalized spacial score (nSPS) is 11.6. The van der Waals surface area contributed by atoms with E-state index in [0.717, 1.165) is 5.75 Å². The fraction of sp³-hybridized carbons (Fsp3) is 0.278. The first-order valence-corrected chi connectivity index (χ1v) is 8.44. The van der Waals surface area contributed by atoms with Gasteiger partial charge >= 0.3 is 0 Å². The highest BCUT2D eigenvalue weighted by Gasteiger charge is 2.14. The molecule has 0 unspecified atom stereocenters. The second-order valence-corrected chi connectivity index (χ2v) is 6.06. The molecule has 2 aromatic rings. The standard InChI is InChI=1S/C18H21NO3S/c1-14(22-16-8-6-7-15(13-16)21-2)18(20)19-11-12-23-17-9-4-3-5-10-17/h3-10,13-14H,11-12H2,1-2H3,(H,19,20)/t14-/m1/s1. The van der Waals surface area contributed by atoms with Crippen LogP contribution >= 0.6 is 11.8 Å². The predicted molar refractivity (Wildman–Crippen MR) is 93.3 cm³/mol. The van der Waals surface area contributed by atoms with Crippen LogP contribution in [-0.4, -0.2) is 31.4 Å². The van der Waals surface area contributed by atoms with Crippen LogP contribution < -0.4 is 14.8 Å². The number of carbonyl (C=O) groups excluding carboxylic acids is 1. The summed E-state index contributed by atoms with van der Waals surface area (Å²) in [5.41, 5.74) is 0. The third-order valence-corrected chi connectivity index (χ3v) is 4.15. The van der Waals surface area contributed by atoms with E-state index in [4.69, 9.17) is 9.47 Å². The smallest absolute Gasteiger partial charge is 0.260 e. The maximum absolute atomic E-state index is 12.0. The molecule has 1 atom stereocenters. The van der Waals surface area contributed by atoms with Gasteiger partial charge in [0.05, 0.1) is 7.11 Å². The van der Waals surface area contributed by atoms with Gasteiger partial charge in [-0.1, -0.05) is 24.3 Å². The number of benzene rings is 2. The van der Waals surface area contributed by atoms with E-state index in [2.05, 4.69) is 17.4 Å². The second-order valence-electron chi connectivity index (χ2n) is 4.89. The van der Waals surface area contributed by atoms with Gasteiger partial charge in [-0.3, -0.25) is 4.79 Å². The van der Waals surface area contributed by atoms with Crippen molar-refractivity contribution in [2.75, 3.05) is 19.4 Å². The van der Waals surface area contributed by atoms with Gasteiger partial charge in [0.25, 0.3) is 5.91 Å². The Kier molecular flexibility index (Phi) is 6.81. The average Bonchev–Trinajstić information content (AvgIpc) is 2.59. The van der Waals surface area contributed by atoms with Crippen molar-refractivity contribution in [1.82, 2.24) is 5.32 Å². The third-order valence-electron chi connectivity index (χ3n) is 3.14. The number of thioether (sulfide) groups is 1. The molecule has 2 rings (SSSR count). The molecule has 0 radical (unpaired) electrons. The van der Waals surface area contributed by atoms with Crippen LogP contribution in [0.15, 0.2) is 59.5 Å². The Labute approximate surface area is 141 Å². The van der Waals surface area contributed by atoms with Crippen LogP contribution in [0.5, 0.6) is 11.5 Å². The molecule has 0 bridgehead atoms. The summed E-state index contributed by atoms with van der Waals surface area (Å²) < 4.78 is 10.8. The van der Waals surface area contributed by atoms with Crippen LogP contribution in [0.3, 0.4) is 0 Å². The van der Waals surface area contributed by atoms with Crippen LogP contribution in [-0.2, 0) is 4.79 Å². The maximum Gasteiger partial charge on any atom is 0.260 e. The first-order chi connectivity index (χ1) is 11.2. The quantitative estimate of drug-likeness (QED) is 0.595. The molecule has 0 aliphatic rings. The summed E-state index contributed by atoms with van der Waals surface area (Å²) in [6, 6.07) is 17.3. The number of hydrogen-bond acceptors (Lipinski definition) is 4. The van der Waals surface area contributed by atoms with Gasteiger partial charge in [-0.05, 0) is 31.2 Å². The van der Waals surface area contributed by atoms with Crippen molar-refractivity contribution in [2.45, 2.75) is 17.9 Å². The lowest BCUT2D eigenvalue weighted by molar-refractivity contribution is -0.127. The summed E-state index contributed by atoms with van der Waals surface area (Å²) >= 11 is 1.71. The number of carbonyl (C=O) groups is 1. The molecule has 23 heavy (non-hydrogen) atoms. The van der Waals surface area contributed by atoms with Crippen molar-refractivity contribution >= 4 is 17.7 Å². The molecule has 122 valence electrons. The Morgan fingerprint density at radius 1 is 1.13 bits per heavy atom. The minimum Gasteiger partial charge on any atom is -0.497 e. The molecule has 1 amide bonds. The van der Waals surface area contributed by atoms with Crippen LogP contribution in [0, 0.1) is 0 Å². The van der Waals surface area contributed by atoms with Crippen molar-refractivity contribution in [1.29, 1.82) is 0 Å². The number of hydrogen-bond donors (Lipinski definition) is 1. The molecule has 2 aromatic carbocycles. The lowest BCUT2D eigenvalue weighted by atomic mass is 10.3. The number of nitrogens with one attached hydrogen (secondary N) is 1. The Hall–Kier alpha value is -2.14. The highest BCUT2D eigenvalue weighted by molar-refractivity contribution is 7.99. The lowest BCUT2D eigenvalue weighted by Gasteiger charge is -2.15. The predicted octanol–water partition coefficient (Wildman–Crippen LogP) is 3.37. The first-order valence-electron chi connectivity index (χ1n) is 7.45. The van der Waals surface area contributed by atoms with E-state index in [1.165, 1.54) is 4.90 Å². The molecule has 0 saturated carbocycles. The van der Waals surface area contributed by atoms with Crippen LogP contribution in [0.1, 0.15) is 6.92 Å². The van der Waals surface area contributed by atoms with Crippen molar-refractivity contribution < 1.29 is 14.3 Å². The fourth-order valence-electron chi connectivity index (χ4n) is 1.94. The second kappa shape index (κ2) is 9.10. The molecule has 0 heterocycles. The van der Waals surface area contributed by atoms with E-state index in [9.17, 15) is 4.79 Å². The van der Waals surface area contributed by atoms with Gasteiger partial charge in [-0.25, -0.2) is 0 Å². The zero-order chi connectivity index (χ0) is 16.5. The highest BCUT2D eigenvalue weighted by Crippen LogP contribution is 2.20. The summed E-state index contributed by atoms with van der Waals surface area (Å²) in [5, 5.41) is 2.89. The zero-order valence-electron chi connectivity index (χ0n) is 13.3. The summed E-state index contributed by atoms with van der Waals surface area (Å²) in [6.07, 6.45) is -0.552. The highest BCUT2D eigenvalue weighted by atomic mass is 32.2. The Morgan fingerprint density at radius 2 is 1.87 bits per heavy atom. The monoisotopic (exact) mass is 331 g/mol. The molecule has 0 aromatic heterocycles. The lowest BCUT2D eigenvalue weighted by Crippen LogP contribution is -2.37. The van der Waals surface area contributed by atoms with E-state index >= 15 is 0 Å². The molecule has 1 N–H and O–H groups in total. The van der Waals surface area contributed by atoms with Crippen LogP contribution in [0.2, 0.25) is 0 Å². The zero-order valence-corrected chi connectivity index (χ0v) is 14.1. The first kappa shape index (κ1) is 17.2. The van der Waals surface area contributed by atoms with Gasteiger partial charge in [0.1, 0.15) is 11.5 Å². The third kappa shape index (κ3) is 5.87. The molecule has 0 fully saturated rings. The van der Waals surface area contributed by atoms with Crippen LogP contribution in [0.25, 0.3) is 0 Å². The van der Waals surface area contributed by atoms with Gasteiger partial charge < -0.3 is 14.8 Å².